The van der Waals surface area contributed by atoms with Crippen LogP contribution in [0.1, 0.15) is 44.5 Å². The van der Waals surface area contributed by atoms with Crippen LogP contribution in [0.3, 0.4) is 0 Å². The SMILES string of the molecule is CCN(CC(=O)NC(C)(C)C)C(=O)c1ccc2c(=O)n(CCCOC)c(=S)[nH]c2c1. The van der Waals surface area contributed by atoms with Gasteiger partial charge in [-0.05, 0) is 64.5 Å². The van der Waals surface area contributed by atoms with Gasteiger partial charge in [-0.15, -0.1) is 0 Å². The van der Waals surface area contributed by atoms with Gasteiger partial charge in [-0.2, -0.15) is 0 Å². The second kappa shape index (κ2) is 9.99. The van der Waals surface area contributed by atoms with Gasteiger partial charge < -0.3 is 19.9 Å². The third-order valence-electron chi connectivity index (χ3n) is 4.48. The molecule has 0 spiro atoms. The van der Waals surface area contributed by atoms with Crippen molar-refractivity contribution in [3.63, 3.8) is 0 Å². The zero-order valence-corrected chi connectivity index (χ0v) is 19.0. The van der Waals surface area contributed by atoms with E-state index in [1.54, 1.807) is 25.3 Å². The maximum Gasteiger partial charge on any atom is 0.262 e. The minimum atomic E-state index is -0.375. The number of nitrogens with zero attached hydrogens (tertiary/aromatic N) is 2. The van der Waals surface area contributed by atoms with E-state index in [2.05, 4.69) is 10.3 Å². The van der Waals surface area contributed by atoms with Crippen LogP contribution in [0.4, 0.5) is 0 Å². The number of nitrogens with one attached hydrogen (secondary N) is 2. The van der Waals surface area contributed by atoms with Crippen molar-refractivity contribution >= 4 is 34.9 Å². The third-order valence-corrected chi connectivity index (χ3v) is 4.80. The highest BCUT2D eigenvalue weighted by molar-refractivity contribution is 7.71. The molecular formula is C21H30N4O4S. The third kappa shape index (κ3) is 5.99. The Kier molecular flexibility index (Phi) is 7.91. The first-order valence-electron chi connectivity index (χ1n) is 9.93. The van der Waals surface area contributed by atoms with Crippen LogP contribution in [0.25, 0.3) is 10.9 Å². The molecule has 0 atom stereocenters. The van der Waals surface area contributed by atoms with Gasteiger partial charge in [0.2, 0.25) is 5.91 Å². The van der Waals surface area contributed by atoms with Crippen LogP contribution in [0.2, 0.25) is 0 Å². The van der Waals surface area contributed by atoms with Crippen LogP contribution in [-0.4, -0.2) is 58.6 Å². The number of methoxy groups -OCH3 is 1. The Morgan fingerprint density at radius 3 is 2.60 bits per heavy atom. The Balaban J connectivity index is 2.30. The van der Waals surface area contributed by atoms with E-state index in [9.17, 15) is 14.4 Å². The number of carbonyl (C=O) groups is 2. The van der Waals surface area contributed by atoms with E-state index in [0.717, 1.165) is 0 Å². The van der Waals surface area contributed by atoms with E-state index >= 15 is 0 Å². The lowest BCUT2D eigenvalue weighted by atomic mass is 10.1. The second-order valence-corrected chi connectivity index (χ2v) is 8.50. The van der Waals surface area contributed by atoms with Crippen molar-refractivity contribution in [1.82, 2.24) is 19.8 Å². The molecule has 0 saturated carbocycles. The number of ether oxygens (including phenoxy) is 1. The molecule has 1 aromatic carbocycles. The van der Waals surface area contributed by atoms with Crippen molar-refractivity contribution in [3.8, 4) is 0 Å². The highest BCUT2D eigenvalue weighted by Crippen LogP contribution is 2.13. The number of likely N-dealkylation sites (N-methyl/N-ethyl adjacent to an activating group) is 1. The van der Waals surface area contributed by atoms with Crippen LogP contribution < -0.4 is 10.9 Å². The summed E-state index contributed by atoms with van der Waals surface area (Å²) in [4.78, 5) is 42.5. The molecule has 30 heavy (non-hydrogen) atoms. The number of rotatable bonds is 8. The van der Waals surface area contributed by atoms with Gasteiger partial charge in [0, 0.05) is 37.9 Å². The number of H-pyrrole nitrogens is 1. The van der Waals surface area contributed by atoms with Crippen LogP contribution >= 0.6 is 12.2 Å². The molecule has 0 fully saturated rings. The quantitative estimate of drug-likeness (QED) is 0.491. The fourth-order valence-corrected chi connectivity index (χ4v) is 3.38. The second-order valence-electron chi connectivity index (χ2n) is 8.11. The van der Waals surface area contributed by atoms with E-state index < -0.39 is 0 Å². The number of benzene rings is 1. The maximum atomic E-state index is 12.9. The van der Waals surface area contributed by atoms with Gasteiger partial charge in [0.25, 0.3) is 11.5 Å². The highest BCUT2D eigenvalue weighted by Gasteiger charge is 2.21. The zero-order chi connectivity index (χ0) is 22.5. The predicted molar refractivity (Wildman–Crippen MR) is 119 cm³/mol. The predicted octanol–water partition coefficient (Wildman–Crippen LogP) is 2.47. The average molecular weight is 435 g/mol. The Bertz CT molecular complexity index is 1040. The first kappa shape index (κ1) is 23.8. The summed E-state index contributed by atoms with van der Waals surface area (Å²) in [6.07, 6.45) is 0.665. The minimum absolute atomic E-state index is 0.0399. The summed E-state index contributed by atoms with van der Waals surface area (Å²) in [5.74, 6) is -0.510. The lowest BCUT2D eigenvalue weighted by Crippen LogP contribution is -2.47. The molecule has 8 nitrogen and oxygen atoms in total. The number of carbonyl (C=O) groups excluding carboxylic acids is 2. The number of aromatic nitrogens is 2. The van der Waals surface area contributed by atoms with Crippen LogP contribution in [0, 0.1) is 4.77 Å². The zero-order valence-electron chi connectivity index (χ0n) is 18.2. The summed E-state index contributed by atoms with van der Waals surface area (Å²) in [5.41, 5.74) is 0.297. The van der Waals surface area contributed by atoms with Gasteiger partial charge in [-0.3, -0.25) is 19.0 Å². The molecule has 0 bridgehead atoms. The number of aromatic amines is 1. The van der Waals surface area contributed by atoms with Crippen molar-refractivity contribution in [2.24, 2.45) is 0 Å². The monoisotopic (exact) mass is 434 g/mol. The standard InChI is InChI=1S/C21H30N4O4S/c1-6-24(13-17(26)23-21(2,3)4)18(27)14-8-9-15-16(12-14)22-20(30)25(19(15)28)10-7-11-29-5/h8-9,12H,6-7,10-11,13H2,1-5H3,(H,22,30)(H,23,26). The fourth-order valence-electron chi connectivity index (χ4n) is 3.10. The molecule has 0 aliphatic carbocycles. The van der Waals surface area contributed by atoms with Crippen LogP contribution in [0.15, 0.2) is 23.0 Å². The van der Waals surface area contributed by atoms with Gasteiger partial charge in [-0.1, -0.05) is 0 Å². The van der Waals surface area contributed by atoms with Gasteiger partial charge in [0.1, 0.15) is 0 Å². The summed E-state index contributed by atoms with van der Waals surface area (Å²) >= 11 is 5.33. The van der Waals surface area contributed by atoms with Crippen molar-refractivity contribution in [2.75, 3.05) is 26.8 Å². The van der Waals surface area contributed by atoms with E-state index in [1.165, 1.54) is 9.47 Å². The Morgan fingerprint density at radius 1 is 1.30 bits per heavy atom. The molecule has 164 valence electrons. The Labute approximate surface area is 181 Å². The van der Waals surface area contributed by atoms with E-state index in [4.69, 9.17) is 17.0 Å². The Hall–Kier alpha value is -2.52. The summed E-state index contributed by atoms with van der Waals surface area (Å²) in [7, 11) is 1.61. The molecule has 9 heteroatoms. The fraction of sp³-hybridized carbons (Fsp3) is 0.524. The van der Waals surface area contributed by atoms with Gasteiger partial charge >= 0.3 is 0 Å². The maximum absolute atomic E-state index is 12.9. The first-order chi connectivity index (χ1) is 14.1. The average Bonchev–Trinajstić information content (AvgIpc) is 2.66. The molecule has 0 aliphatic rings. The largest absolute Gasteiger partial charge is 0.385 e. The molecule has 0 saturated heterocycles. The smallest absolute Gasteiger partial charge is 0.262 e. The molecule has 2 rings (SSSR count). The summed E-state index contributed by atoms with van der Waals surface area (Å²) in [6.45, 7) is 8.79. The molecule has 1 heterocycles. The molecule has 2 aromatic rings. The van der Waals surface area contributed by atoms with E-state index in [0.29, 0.717) is 47.4 Å². The Morgan fingerprint density at radius 2 is 2.00 bits per heavy atom. The van der Waals surface area contributed by atoms with Gasteiger partial charge in [0.15, 0.2) is 4.77 Å². The van der Waals surface area contributed by atoms with Crippen LogP contribution in [0.5, 0.6) is 0 Å². The van der Waals surface area contributed by atoms with Crippen molar-refractivity contribution in [2.45, 2.75) is 46.2 Å². The molecule has 2 N–H and O–H groups in total. The number of hydrogen-bond donors (Lipinski definition) is 2. The number of amides is 2. The van der Waals surface area contributed by atoms with Crippen molar-refractivity contribution in [1.29, 1.82) is 0 Å². The molecule has 2 amide bonds. The normalized spacial score (nSPS) is 11.5. The topological polar surface area (TPSA) is 96.4 Å². The van der Waals surface area contributed by atoms with E-state index in [-0.39, 0.29) is 29.5 Å². The first-order valence-corrected chi connectivity index (χ1v) is 10.3. The number of hydrogen-bond acceptors (Lipinski definition) is 5. The highest BCUT2D eigenvalue weighted by atomic mass is 32.1. The van der Waals surface area contributed by atoms with Gasteiger partial charge in [-0.25, -0.2) is 0 Å². The molecule has 0 aliphatic heterocycles. The minimum Gasteiger partial charge on any atom is -0.385 e. The lowest BCUT2D eigenvalue weighted by Gasteiger charge is -2.25. The molecular weight excluding hydrogens is 404 g/mol. The van der Waals surface area contributed by atoms with Crippen LogP contribution in [-0.2, 0) is 16.1 Å². The molecule has 1 aromatic heterocycles. The lowest BCUT2D eigenvalue weighted by molar-refractivity contribution is -0.123. The van der Waals surface area contributed by atoms with Crippen molar-refractivity contribution < 1.29 is 14.3 Å². The summed E-state index contributed by atoms with van der Waals surface area (Å²) in [5, 5.41) is 3.31. The molecule has 0 radical (unpaired) electrons. The summed E-state index contributed by atoms with van der Waals surface area (Å²) in [6, 6.07) is 4.83. The van der Waals surface area contributed by atoms with Gasteiger partial charge in [0.05, 0.1) is 17.4 Å². The van der Waals surface area contributed by atoms with E-state index in [1.807, 2.05) is 27.7 Å². The summed E-state index contributed by atoms with van der Waals surface area (Å²) < 4.78 is 6.82. The number of fused-ring (bicyclic) bond motifs is 1. The molecule has 0 unspecified atom stereocenters. The van der Waals surface area contributed by atoms with Crippen molar-refractivity contribution in [3.05, 3.63) is 38.9 Å².